The zero-order valence-corrected chi connectivity index (χ0v) is 17.4. The van der Waals surface area contributed by atoms with Crippen LogP contribution in [-0.4, -0.2) is 0 Å². The lowest BCUT2D eigenvalue weighted by atomic mass is 10.0. The van der Waals surface area contributed by atoms with Crippen molar-refractivity contribution < 1.29 is 0 Å². The van der Waals surface area contributed by atoms with Crippen molar-refractivity contribution in [2.24, 2.45) is 0 Å². The fourth-order valence-electron chi connectivity index (χ4n) is 3.11. The van der Waals surface area contributed by atoms with Crippen molar-refractivity contribution >= 4 is 11.8 Å². The molecule has 25 heavy (non-hydrogen) atoms. The Morgan fingerprint density at radius 1 is 0.840 bits per heavy atom. The minimum absolute atomic E-state index is 1.05. The van der Waals surface area contributed by atoms with Crippen molar-refractivity contribution in [3.63, 3.8) is 0 Å². The summed E-state index contributed by atoms with van der Waals surface area (Å²) in [4.78, 5) is 2.98. The van der Waals surface area contributed by atoms with Gasteiger partial charge in [-0.25, -0.2) is 0 Å². The first-order valence-corrected chi connectivity index (χ1v) is 11.2. The number of rotatable bonds is 15. The summed E-state index contributed by atoms with van der Waals surface area (Å²) in [6, 6.07) is 10.9. The normalized spacial score (nSPS) is 12.1. The molecule has 0 saturated carbocycles. The van der Waals surface area contributed by atoms with Crippen LogP contribution in [0.2, 0.25) is 0 Å². The van der Waals surface area contributed by atoms with Gasteiger partial charge in [-0.3, -0.25) is 0 Å². The quantitative estimate of drug-likeness (QED) is 0.171. The molecule has 0 saturated heterocycles. The van der Waals surface area contributed by atoms with Crippen LogP contribution < -0.4 is 0 Å². The summed E-state index contributed by atoms with van der Waals surface area (Å²) >= 11 is 1.99. The largest absolute Gasteiger partial charge is 0.103 e. The van der Waals surface area contributed by atoms with Gasteiger partial charge in [0.25, 0.3) is 0 Å². The van der Waals surface area contributed by atoms with Gasteiger partial charge in [-0.05, 0) is 49.1 Å². The molecule has 1 heteroatoms. The molecule has 0 nitrogen and oxygen atoms in total. The maximum absolute atomic E-state index is 4.01. The molecule has 140 valence electrons. The van der Waals surface area contributed by atoms with Crippen molar-refractivity contribution in [3.8, 4) is 0 Å². The van der Waals surface area contributed by atoms with E-state index in [0.717, 1.165) is 6.42 Å². The molecule has 0 radical (unpaired) electrons. The van der Waals surface area contributed by atoms with Gasteiger partial charge >= 0.3 is 0 Å². The minimum Gasteiger partial charge on any atom is -0.103 e. The Hall–Kier alpha value is -0.950. The molecule has 1 rings (SSSR count). The van der Waals surface area contributed by atoms with Gasteiger partial charge in [0, 0.05) is 4.90 Å². The van der Waals surface area contributed by atoms with Gasteiger partial charge in [-0.15, -0.1) is 6.58 Å². The molecule has 1 aromatic carbocycles. The number of hydrogen-bond donors (Lipinski definition) is 0. The van der Waals surface area contributed by atoms with Crippen LogP contribution in [0.4, 0.5) is 0 Å². The smallest absolute Gasteiger partial charge is 0.0119 e. The summed E-state index contributed by atoms with van der Waals surface area (Å²) in [5.74, 6) is 0. The van der Waals surface area contributed by atoms with Crippen LogP contribution in [0.25, 0.3) is 0 Å². The van der Waals surface area contributed by atoms with Crippen LogP contribution in [0.15, 0.2) is 58.4 Å². The highest BCUT2D eigenvalue weighted by Crippen LogP contribution is 2.35. The maximum Gasteiger partial charge on any atom is 0.0119 e. The lowest BCUT2D eigenvalue weighted by Crippen LogP contribution is -1.92. The summed E-state index contributed by atoms with van der Waals surface area (Å²) in [5, 5.41) is 0. The van der Waals surface area contributed by atoms with E-state index < -0.39 is 0 Å². The molecule has 0 aromatic heterocycles. The highest BCUT2D eigenvalue weighted by Gasteiger charge is 2.08. The van der Waals surface area contributed by atoms with E-state index >= 15 is 0 Å². The summed E-state index contributed by atoms with van der Waals surface area (Å²) < 4.78 is 0. The Balaban J connectivity index is 2.70. The van der Waals surface area contributed by atoms with Gasteiger partial charge in [0.1, 0.15) is 0 Å². The van der Waals surface area contributed by atoms with E-state index in [4.69, 9.17) is 0 Å². The lowest BCUT2D eigenvalue weighted by molar-refractivity contribution is 0.603. The van der Waals surface area contributed by atoms with Crippen LogP contribution in [0.1, 0.15) is 90.9 Å². The second-order valence-electron chi connectivity index (χ2n) is 6.91. The van der Waals surface area contributed by atoms with E-state index in [2.05, 4.69) is 56.8 Å². The van der Waals surface area contributed by atoms with Gasteiger partial charge in [0.05, 0.1) is 0 Å². The molecule has 0 heterocycles. The summed E-state index contributed by atoms with van der Waals surface area (Å²) in [6.45, 7) is 8.58. The summed E-state index contributed by atoms with van der Waals surface area (Å²) in [5.41, 5.74) is 1.63. The molecule has 0 amide bonds. The van der Waals surface area contributed by atoms with Crippen molar-refractivity contribution in [1.29, 1.82) is 0 Å². The molecule has 0 unspecified atom stereocenters. The number of thioether (sulfide) groups is 1. The van der Waals surface area contributed by atoms with Crippen molar-refractivity contribution in [3.05, 3.63) is 53.5 Å². The van der Waals surface area contributed by atoms with Crippen molar-refractivity contribution in [2.45, 2.75) is 95.8 Å². The van der Waals surface area contributed by atoms with E-state index in [1.807, 2.05) is 11.8 Å². The van der Waals surface area contributed by atoms with Crippen molar-refractivity contribution in [1.82, 2.24) is 0 Å². The van der Waals surface area contributed by atoms with Crippen LogP contribution >= 0.6 is 11.8 Å². The van der Waals surface area contributed by atoms with E-state index in [0.29, 0.717) is 0 Å². The number of hydrogen-bond acceptors (Lipinski definition) is 1. The highest BCUT2D eigenvalue weighted by molar-refractivity contribution is 8.03. The molecule has 0 aliphatic rings. The average Bonchev–Trinajstić information content (AvgIpc) is 2.64. The second kappa shape index (κ2) is 15.3. The summed E-state index contributed by atoms with van der Waals surface area (Å²) in [6.07, 6.45) is 17.8. The predicted molar refractivity (Wildman–Crippen MR) is 116 cm³/mol. The Morgan fingerprint density at radius 3 is 2.12 bits per heavy atom. The number of benzene rings is 1. The van der Waals surface area contributed by atoms with E-state index in [9.17, 15) is 0 Å². The molecule has 0 aliphatic heterocycles. The first-order valence-electron chi connectivity index (χ1n) is 10.4. The number of unbranched alkanes of at least 4 members (excludes halogenated alkanes) is 7. The first kappa shape index (κ1) is 22.1. The van der Waals surface area contributed by atoms with Crippen LogP contribution in [0.3, 0.4) is 0 Å². The Labute approximate surface area is 161 Å². The predicted octanol–water partition coefficient (Wildman–Crippen LogP) is 8.94. The minimum atomic E-state index is 1.05. The zero-order chi connectivity index (χ0) is 18.2. The topological polar surface area (TPSA) is 0 Å². The van der Waals surface area contributed by atoms with Crippen LogP contribution in [0, 0.1) is 0 Å². The lowest BCUT2D eigenvalue weighted by Gasteiger charge is -2.15. The first-order chi connectivity index (χ1) is 12.3. The third kappa shape index (κ3) is 10.6. The Kier molecular flexibility index (Phi) is 13.5. The van der Waals surface area contributed by atoms with Gasteiger partial charge < -0.3 is 0 Å². The van der Waals surface area contributed by atoms with Gasteiger partial charge in [0.2, 0.25) is 0 Å². The molecule has 0 fully saturated rings. The number of allylic oxidation sites excluding steroid dienone is 3. The monoisotopic (exact) mass is 358 g/mol. The van der Waals surface area contributed by atoms with E-state index in [1.165, 1.54) is 75.5 Å². The van der Waals surface area contributed by atoms with Crippen LogP contribution in [-0.2, 0) is 0 Å². The molecule has 0 N–H and O–H groups in total. The standard InChI is InChI=1S/C24H38S/c1-4-7-9-10-11-14-18-22(17-6-3)24(21-13-8-5-2)25-23-19-15-12-16-20-23/h6,12,15-16,19-20H,3-5,7-11,13-14,17-18,21H2,1-2H3/b24-22+. The van der Waals surface area contributed by atoms with Crippen molar-refractivity contribution in [2.75, 3.05) is 0 Å². The third-order valence-corrected chi connectivity index (χ3v) is 5.86. The Bertz CT molecular complexity index is 472. The third-order valence-electron chi connectivity index (χ3n) is 4.61. The van der Waals surface area contributed by atoms with E-state index in [-0.39, 0.29) is 0 Å². The van der Waals surface area contributed by atoms with Crippen LogP contribution in [0.5, 0.6) is 0 Å². The zero-order valence-electron chi connectivity index (χ0n) is 16.6. The molecule has 1 aromatic rings. The molecular formula is C24H38S. The van der Waals surface area contributed by atoms with Gasteiger partial charge in [-0.1, -0.05) is 100 Å². The Morgan fingerprint density at radius 2 is 1.44 bits per heavy atom. The van der Waals surface area contributed by atoms with Gasteiger partial charge in [-0.2, -0.15) is 0 Å². The molecule has 0 spiro atoms. The fraction of sp³-hybridized carbons (Fsp3) is 0.583. The fourth-order valence-corrected chi connectivity index (χ4v) is 4.27. The van der Waals surface area contributed by atoms with Gasteiger partial charge in [0.15, 0.2) is 0 Å². The van der Waals surface area contributed by atoms with E-state index in [1.54, 1.807) is 10.5 Å². The molecule has 0 bridgehead atoms. The molecule has 0 aliphatic carbocycles. The molecule has 0 atom stereocenters. The average molecular weight is 359 g/mol. The second-order valence-corrected chi connectivity index (χ2v) is 8.08. The SMILES string of the molecule is C=CC/C(CCCCCCCC)=C(/CCCCC)Sc1ccccc1. The maximum atomic E-state index is 4.01. The highest BCUT2D eigenvalue weighted by atomic mass is 32.2. The molecular weight excluding hydrogens is 320 g/mol. The summed E-state index contributed by atoms with van der Waals surface area (Å²) in [7, 11) is 0.